The predicted octanol–water partition coefficient (Wildman–Crippen LogP) is 3.33. The van der Waals surface area contributed by atoms with E-state index in [-0.39, 0.29) is 11.3 Å². The molecule has 0 aliphatic rings. The highest BCUT2D eigenvalue weighted by Gasteiger charge is 2.16. The summed E-state index contributed by atoms with van der Waals surface area (Å²) < 4.78 is 25.4. The highest BCUT2D eigenvalue weighted by Crippen LogP contribution is 2.27. The minimum Gasteiger partial charge on any atom is -0.296 e. The molecule has 1 heterocycles. The quantitative estimate of drug-likeness (QED) is 0.461. The largest absolute Gasteiger partial charge is 0.296 e. The number of alkyl halides is 3. The van der Waals surface area contributed by atoms with Crippen molar-refractivity contribution in [3.63, 3.8) is 0 Å². The third-order valence-corrected chi connectivity index (χ3v) is 3.33. The summed E-state index contributed by atoms with van der Waals surface area (Å²) in [6.45, 7) is 0. The predicted molar refractivity (Wildman–Crippen MR) is 59.9 cm³/mol. The van der Waals surface area contributed by atoms with Gasteiger partial charge < -0.3 is 0 Å². The van der Waals surface area contributed by atoms with Crippen LogP contribution in [0.25, 0.3) is 0 Å². The van der Waals surface area contributed by atoms with Crippen LogP contribution in [0.5, 0.6) is 0 Å². The number of carbonyl (C=O) groups excluding carboxylic acids is 1. The van der Waals surface area contributed by atoms with Crippen molar-refractivity contribution in [1.29, 1.82) is 0 Å². The van der Waals surface area contributed by atoms with E-state index in [4.69, 9.17) is 0 Å². The second kappa shape index (κ2) is 5.11. The number of pyridine rings is 1. The molecule has 0 atom stereocenters. The molecule has 76 valence electrons. The van der Waals surface area contributed by atoms with Gasteiger partial charge in [-0.05, 0) is 28.7 Å². The molecule has 0 amide bonds. The third kappa shape index (κ3) is 2.47. The van der Waals surface area contributed by atoms with E-state index < -0.39 is 6.43 Å². The van der Waals surface area contributed by atoms with Gasteiger partial charge in [-0.2, -0.15) is 0 Å². The minimum absolute atomic E-state index is 0.0372. The average molecular weight is 376 g/mol. The Kier molecular flexibility index (Phi) is 4.36. The molecule has 0 spiro atoms. The Balaban J connectivity index is 3.34. The first-order valence-corrected chi connectivity index (χ1v) is 5.78. The number of halogens is 4. The van der Waals surface area contributed by atoms with Gasteiger partial charge in [-0.15, -0.1) is 0 Å². The van der Waals surface area contributed by atoms with Crippen molar-refractivity contribution < 1.29 is 13.6 Å². The molecule has 0 aliphatic carbocycles. The summed E-state index contributed by atoms with van der Waals surface area (Å²) in [5, 5.41) is 0.354. The van der Waals surface area contributed by atoms with E-state index in [0.29, 0.717) is 20.9 Å². The smallest absolute Gasteiger partial charge is 0.265 e. The molecule has 0 aromatic carbocycles. The van der Waals surface area contributed by atoms with Crippen molar-refractivity contribution in [2.45, 2.75) is 11.8 Å². The van der Waals surface area contributed by atoms with E-state index in [1.54, 1.807) is 22.6 Å². The average Bonchev–Trinajstić information content (AvgIpc) is 2.17. The Morgan fingerprint density at radius 3 is 2.71 bits per heavy atom. The number of carbonyl (C=O) groups is 1. The van der Waals surface area contributed by atoms with Gasteiger partial charge in [-0.3, -0.25) is 4.79 Å². The van der Waals surface area contributed by atoms with Gasteiger partial charge in [0.15, 0.2) is 6.29 Å². The summed E-state index contributed by atoms with van der Waals surface area (Å²) in [7, 11) is 0. The number of hydrogen-bond donors (Lipinski definition) is 0. The van der Waals surface area contributed by atoms with Gasteiger partial charge in [-0.1, -0.05) is 15.9 Å². The summed E-state index contributed by atoms with van der Waals surface area (Å²) in [5.74, 6) is 0. The number of rotatable bonds is 3. The molecule has 1 rings (SSSR count). The van der Waals surface area contributed by atoms with Crippen LogP contribution in [0.2, 0.25) is 0 Å². The van der Waals surface area contributed by atoms with Gasteiger partial charge in [-0.25, -0.2) is 13.8 Å². The minimum atomic E-state index is -2.58. The van der Waals surface area contributed by atoms with Crippen molar-refractivity contribution in [2.24, 2.45) is 0 Å². The molecule has 6 heteroatoms. The highest BCUT2D eigenvalue weighted by atomic mass is 127. The molecule has 1 aromatic rings. The van der Waals surface area contributed by atoms with Gasteiger partial charge in [0.05, 0.1) is 5.69 Å². The molecule has 0 fully saturated rings. The normalized spacial score (nSPS) is 10.6. The fraction of sp³-hybridized carbons (Fsp3) is 0.250. The van der Waals surface area contributed by atoms with Crippen molar-refractivity contribution in [3.8, 4) is 0 Å². The maximum atomic E-state index is 12.5. The zero-order valence-electron chi connectivity index (χ0n) is 6.81. The second-order valence-electron chi connectivity index (χ2n) is 2.45. The monoisotopic (exact) mass is 375 g/mol. The second-order valence-corrected chi connectivity index (χ2v) is 4.09. The van der Waals surface area contributed by atoms with E-state index >= 15 is 0 Å². The van der Waals surface area contributed by atoms with Crippen LogP contribution >= 0.6 is 38.5 Å². The van der Waals surface area contributed by atoms with Gasteiger partial charge in [0.2, 0.25) is 0 Å². The molecule has 0 saturated carbocycles. The maximum absolute atomic E-state index is 12.5. The molecule has 0 radical (unpaired) electrons. The summed E-state index contributed by atoms with van der Waals surface area (Å²) >= 11 is 4.93. The van der Waals surface area contributed by atoms with Gasteiger partial charge >= 0.3 is 0 Å². The maximum Gasteiger partial charge on any atom is 0.265 e. The third-order valence-electron chi connectivity index (χ3n) is 1.56. The summed E-state index contributed by atoms with van der Waals surface area (Å²) in [5.41, 5.74) is 0.359. The van der Waals surface area contributed by atoms with Crippen LogP contribution in [-0.4, -0.2) is 11.3 Å². The fourth-order valence-corrected chi connectivity index (χ4v) is 2.57. The molecule has 0 N–H and O–H groups in total. The number of aldehydes is 1. The summed E-state index contributed by atoms with van der Waals surface area (Å²) in [4.78, 5) is 14.3. The molecule has 14 heavy (non-hydrogen) atoms. The Hall–Kier alpha value is -0.110. The first kappa shape index (κ1) is 12.0. The Bertz CT molecular complexity index is 359. The Labute approximate surface area is 101 Å². The molecule has 0 aliphatic heterocycles. The van der Waals surface area contributed by atoms with Crippen molar-refractivity contribution in [2.75, 3.05) is 0 Å². The molecule has 0 bridgehead atoms. The molecular weight excluding hydrogens is 371 g/mol. The number of hydrogen-bond acceptors (Lipinski definition) is 2. The van der Waals surface area contributed by atoms with Crippen LogP contribution in [0, 0.1) is 3.57 Å². The van der Waals surface area contributed by atoms with E-state index in [1.807, 2.05) is 0 Å². The van der Waals surface area contributed by atoms with Crippen LogP contribution in [0.3, 0.4) is 0 Å². The zero-order valence-corrected chi connectivity index (χ0v) is 10.5. The van der Waals surface area contributed by atoms with Crippen LogP contribution in [0.15, 0.2) is 6.07 Å². The lowest BCUT2D eigenvalue weighted by atomic mass is 10.2. The first-order valence-electron chi connectivity index (χ1n) is 3.58. The van der Waals surface area contributed by atoms with E-state index in [0.717, 1.165) is 6.07 Å². The number of nitrogens with zero attached hydrogens (tertiary/aromatic N) is 1. The van der Waals surface area contributed by atoms with Crippen LogP contribution < -0.4 is 0 Å². The standard InChI is InChI=1S/C8H5BrF2INO/c9-2-6-7(12)5(8(10)11)1-4(3-14)13-6/h1,3,8H,2H2. The Morgan fingerprint density at radius 1 is 1.64 bits per heavy atom. The topological polar surface area (TPSA) is 30.0 Å². The van der Waals surface area contributed by atoms with Crippen molar-refractivity contribution in [1.82, 2.24) is 4.98 Å². The van der Waals surface area contributed by atoms with Crippen LogP contribution in [0.1, 0.15) is 28.2 Å². The lowest BCUT2D eigenvalue weighted by molar-refractivity contribution is 0.111. The van der Waals surface area contributed by atoms with Gasteiger partial charge in [0.25, 0.3) is 6.43 Å². The fourth-order valence-electron chi connectivity index (χ4n) is 0.934. The molecular formula is C8H5BrF2INO. The Morgan fingerprint density at radius 2 is 2.29 bits per heavy atom. The number of aromatic nitrogens is 1. The summed E-state index contributed by atoms with van der Waals surface area (Å²) in [6, 6.07) is 1.12. The zero-order chi connectivity index (χ0) is 10.7. The van der Waals surface area contributed by atoms with Gasteiger partial charge in [0, 0.05) is 14.5 Å². The highest BCUT2D eigenvalue weighted by molar-refractivity contribution is 14.1. The van der Waals surface area contributed by atoms with E-state index in [9.17, 15) is 13.6 Å². The molecule has 0 unspecified atom stereocenters. The van der Waals surface area contributed by atoms with Crippen molar-refractivity contribution in [3.05, 3.63) is 26.6 Å². The van der Waals surface area contributed by atoms with Crippen molar-refractivity contribution >= 4 is 44.8 Å². The van der Waals surface area contributed by atoms with Crippen LogP contribution in [0.4, 0.5) is 8.78 Å². The SMILES string of the molecule is O=Cc1cc(C(F)F)c(I)c(CBr)n1. The first-order chi connectivity index (χ1) is 6.60. The molecule has 2 nitrogen and oxygen atoms in total. The lowest BCUT2D eigenvalue weighted by Crippen LogP contribution is -2.01. The van der Waals surface area contributed by atoms with Gasteiger partial charge in [0.1, 0.15) is 5.69 Å². The summed E-state index contributed by atoms with van der Waals surface area (Å²) in [6.07, 6.45) is -2.12. The lowest BCUT2D eigenvalue weighted by Gasteiger charge is -2.07. The van der Waals surface area contributed by atoms with Crippen LogP contribution in [-0.2, 0) is 5.33 Å². The molecule has 1 aromatic heterocycles. The van der Waals surface area contributed by atoms with E-state index in [1.165, 1.54) is 0 Å². The molecule has 0 saturated heterocycles. The van der Waals surface area contributed by atoms with E-state index in [2.05, 4.69) is 20.9 Å².